The lowest BCUT2D eigenvalue weighted by Crippen LogP contribution is -2.45. The fourth-order valence-electron chi connectivity index (χ4n) is 1.63. The Labute approximate surface area is 91.8 Å². The summed E-state index contributed by atoms with van der Waals surface area (Å²) in [4.78, 5) is 8.92. The molecule has 1 aromatic heterocycles. The first-order valence-electron chi connectivity index (χ1n) is 4.67. The van der Waals surface area contributed by atoms with E-state index in [-0.39, 0.29) is 0 Å². The highest BCUT2D eigenvalue weighted by molar-refractivity contribution is 9.10. The monoisotopic (exact) mass is 259 g/mol. The molecule has 14 heavy (non-hydrogen) atoms. The zero-order valence-corrected chi connectivity index (χ0v) is 10.0. The average molecular weight is 260 g/mol. The first kappa shape index (κ1) is 9.92. The molecule has 0 atom stereocenters. The first-order valence-corrected chi connectivity index (χ1v) is 5.46. The lowest BCUT2D eigenvalue weighted by molar-refractivity contribution is 0.310. The number of hydrogen-bond donors (Lipinski definition) is 0. The molecule has 6 heteroatoms. The fourth-order valence-corrected chi connectivity index (χ4v) is 2.02. The maximum Gasteiger partial charge on any atom is 0.224 e. The van der Waals surface area contributed by atoms with Crippen LogP contribution < -0.4 is 4.90 Å². The van der Waals surface area contributed by atoms with E-state index in [1.54, 1.807) is 0 Å². The van der Waals surface area contributed by atoms with Gasteiger partial charge in [-0.2, -0.15) is 4.98 Å². The third kappa shape index (κ3) is 1.90. The van der Waals surface area contributed by atoms with E-state index in [1.165, 1.54) is 0 Å². The van der Waals surface area contributed by atoms with Gasteiger partial charge in [-0.15, -0.1) is 5.10 Å². The number of anilines is 1. The maximum absolute atomic E-state index is 4.33. The van der Waals surface area contributed by atoms with E-state index in [4.69, 9.17) is 0 Å². The van der Waals surface area contributed by atoms with Crippen molar-refractivity contribution >= 4 is 21.9 Å². The Morgan fingerprint density at radius 2 is 1.79 bits per heavy atom. The van der Waals surface area contributed by atoms with Crippen molar-refractivity contribution in [2.24, 2.45) is 7.05 Å². The highest BCUT2D eigenvalue weighted by Gasteiger charge is 2.18. The van der Waals surface area contributed by atoms with Crippen molar-refractivity contribution in [1.82, 2.24) is 19.7 Å². The van der Waals surface area contributed by atoms with Crippen molar-refractivity contribution in [3.63, 3.8) is 0 Å². The van der Waals surface area contributed by atoms with Gasteiger partial charge in [0.1, 0.15) is 0 Å². The van der Waals surface area contributed by atoms with Gasteiger partial charge in [0.2, 0.25) is 10.7 Å². The van der Waals surface area contributed by atoms with Crippen molar-refractivity contribution in [2.45, 2.75) is 0 Å². The van der Waals surface area contributed by atoms with Crippen LogP contribution in [-0.2, 0) is 7.05 Å². The number of likely N-dealkylation sites (N-methyl/N-ethyl adjacent to an activating group) is 1. The molecule has 5 nitrogen and oxygen atoms in total. The molecular weight excluding hydrogens is 246 g/mol. The van der Waals surface area contributed by atoms with Gasteiger partial charge in [-0.3, -0.25) is 0 Å². The van der Waals surface area contributed by atoms with E-state index < -0.39 is 0 Å². The molecule has 78 valence electrons. The van der Waals surface area contributed by atoms with Gasteiger partial charge in [0.15, 0.2) is 0 Å². The summed E-state index contributed by atoms with van der Waals surface area (Å²) in [6, 6.07) is 0. The van der Waals surface area contributed by atoms with Gasteiger partial charge in [-0.25, -0.2) is 4.68 Å². The molecule has 0 unspecified atom stereocenters. The molecule has 1 aromatic rings. The molecule has 0 saturated carbocycles. The molecule has 2 rings (SSSR count). The van der Waals surface area contributed by atoms with Crippen molar-refractivity contribution in [2.75, 3.05) is 38.1 Å². The number of aromatic nitrogens is 3. The van der Waals surface area contributed by atoms with Crippen LogP contribution in [0.5, 0.6) is 0 Å². The summed E-state index contributed by atoms with van der Waals surface area (Å²) in [5.74, 6) is 0.949. The summed E-state index contributed by atoms with van der Waals surface area (Å²) in [5.41, 5.74) is 0. The number of piperazine rings is 1. The van der Waals surface area contributed by atoms with Crippen LogP contribution in [0.25, 0.3) is 0 Å². The van der Waals surface area contributed by atoms with Crippen LogP contribution in [-0.4, -0.2) is 52.9 Å². The summed E-state index contributed by atoms with van der Waals surface area (Å²) in [6.45, 7) is 4.22. The van der Waals surface area contributed by atoms with Crippen molar-refractivity contribution in [3.8, 4) is 0 Å². The normalized spacial score (nSPS) is 18.9. The molecule has 1 aliphatic heterocycles. The van der Waals surface area contributed by atoms with E-state index in [2.05, 4.69) is 42.9 Å². The number of aryl methyl sites for hydroxylation is 1. The third-order valence-electron chi connectivity index (χ3n) is 2.50. The summed E-state index contributed by atoms with van der Waals surface area (Å²) in [5, 5.41) is 4.17. The molecular formula is C8H14BrN5. The van der Waals surface area contributed by atoms with Gasteiger partial charge in [0.25, 0.3) is 0 Å². The maximum atomic E-state index is 4.33. The Kier molecular flexibility index (Phi) is 2.73. The second-order valence-electron chi connectivity index (χ2n) is 3.59. The smallest absolute Gasteiger partial charge is 0.224 e. The predicted molar refractivity (Wildman–Crippen MR) is 58.4 cm³/mol. The minimum atomic E-state index is 0.661. The molecule has 2 heterocycles. The van der Waals surface area contributed by atoms with Crippen LogP contribution in [0.1, 0.15) is 0 Å². The minimum absolute atomic E-state index is 0.661. The molecule has 0 N–H and O–H groups in total. The molecule has 1 saturated heterocycles. The molecule has 1 fully saturated rings. The highest BCUT2D eigenvalue weighted by atomic mass is 79.9. The van der Waals surface area contributed by atoms with E-state index >= 15 is 0 Å². The molecule has 1 aliphatic rings. The highest BCUT2D eigenvalue weighted by Crippen LogP contribution is 2.14. The topological polar surface area (TPSA) is 37.2 Å². The molecule has 0 amide bonds. The molecule has 0 spiro atoms. The van der Waals surface area contributed by atoms with Crippen LogP contribution in [0.2, 0.25) is 0 Å². The second-order valence-corrected chi connectivity index (χ2v) is 4.30. The summed E-state index contributed by atoms with van der Waals surface area (Å²) < 4.78 is 2.48. The predicted octanol–water partition coefficient (Wildman–Crippen LogP) is 0.329. The Hall–Kier alpha value is -0.620. The van der Waals surface area contributed by atoms with Gasteiger partial charge in [-0.1, -0.05) is 0 Å². The SMILES string of the molecule is CN1CCN(c2nc(Br)nn2C)CC1. The number of rotatable bonds is 1. The van der Waals surface area contributed by atoms with Crippen molar-refractivity contribution < 1.29 is 0 Å². The van der Waals surface area contributed by atoms with Crippen molar-refractivity contribution in [3.05, 3.63) is 4.73 Å². The van der Waals surface area contributed by atoms with Crippen LogP contribution in [0.15, 0.2) is 4.73 Å². The minimum Gasteiger partial charge on any atom is -0.338 e. The molecule has 0 bridgehead atoms. The quantitative estimate of drug-likeness (QED) is 0.729. The largest absolute Gasteiger partial charge is 0.338 e. The lowest BCUT2D eigenvalue weighted by Gasteiger charge is -2.32. The first-order chi connectivity index (χ1) is 6.66. The second kappa shape index (κ2) is 3.86. The molecule has 0 aliphatic carbocycles. The Morgan fingerprint density at radius 1 is 1.14 bits per heavy atom. The zero-order valence-electron chi connectivity index (χ0n) is 8.44. The van der Waals surface area contributed by atoms with Crippen LogP contribution in [0.4, 0.5) is 5.95 Å². The fraction of sp³-hybridized carbons (Fsp3) is 0.750. The van der Waals surface area contributed by atoms with Crippen molar-refractivity contribution in [1.29, 1.82) is 0 Å². The van der Waals surface area contributed by atoms with Crippen LogP contribution in [0, 0.1) is 0 Å². The lowest BCUT2D eigenvalue weighted by atomic mass is 10.3. The van der Waals surface area contributed by atoms with E-state index in [0.29, 0.717) is 4.73 Å². The third-order valence-corrected chi connectivity index (χ3v) is 2.84. The van der Waals surface area contributed by atoms with E-state index in [0.717, 1.165) is 32.1 Å². The zero-order chi connectivity index (χ0) is 10.1. The van der Waals surface area contributed by atoms with Gasteiger partial charge < -0.3 is 9.80 Å². The molecule has 0 aromatic carbocycles. The Bertz CT molecular complexity index is 316. The average Bonchev–Trinajstić information content (AvgIpc) is 2.47. The Morgan fingerprint density at radius 3 is 2.29 bits per heavy atom. The van der Waals surface area contributed by atoms with Gasteiger partial charge in [-0.05, 0) is 23.0 Å². The summed E-state index contributed by atoms with van der Waals surface area (Å²) in [6.07, 6.45) is 0. The van der Waals surface area contributed by atoms with E-state index in [9.17, 15) is 0 Å². The summed E-state index contributed by atoms with van der Waals surface area (Å²) >= 11 is 3.28. The summed E-state index contributed by atoms with van der Waals surface area (Å²) in [7, 11) is 4.06. The number of nitrogens with zero attached hydrogens (tertiary/aromatic N) is 5. The van der Waals surface area contributed by atoms with Crippen LogP contribution >= 0.6 is 15.9 Å². The number of halogens is 1. The van der Waals surface area contributed by atoms with Gasteiger partial charge in [0.05, 0.1) is 0 Å². The van der Waals surface area contributed by atoms with Gasteiger partial charge in [0, 0.05) is 33.2 Å². The van der Waals surface area contributed by atoms with E-state index in [1.807, 2.05) is 11.7 Å². The van der Waals surface area contributed by atoms with Gasteiger partial charge >= 0.3 is 0 Å². The molecule has 0 radical (unpaired) electrons. The standard InChI is InChI=1S/C8H14BrN5/c1-12-3-5-14(6-4-12)8-10-7(9)11-13(8)2/h3-6H2,1-2H3. The van der Waals surface area contributed by atoms with Crippen LogP contribution in [0.3, 0.4) is 0 Å². The number of hydrogen-bond acceptors (Lipinski definition) is 4. The Balaban J connectivity index is 2.11.